The van der Waals surface area contributed by atoms with Crippen molar-refractivity contribution < 1.29 is 4.57 Å². The summed E-state index contributed by atoms with van der Waals surface area (Å²) in [6.07, 6.45) is 1.08. The molecule has 0 amide bonds. The molecule has 0 aliphatic carbocycles. The van der Waals surface area contributed by atoms with Crippen molar-refractivity contribution in [2.75, 3.05) is 5.43 Å². The summed E-state index contributed by atoms with van der Waals surface area (Å²) in [6.45, 7) is 3.11. The van der Waals surface area contributed by atoms with Crippen LogP contribution in [-0.4, -0.2) is 4.98 Å². The van der Waals surface area contributed by atoms with Crippen LogP contribution in [-0.2, 0) is 6.54 Å². The first-order valence-electron chi connectivity index (χ1n) is 4.84. The van der Waals surface area contributed by atoms with Gasteiger partial charge in [-0.3, -0.25) is 0 Å². The van der Waals surface area contributed by atoms with Gasteiger partial charge in [0.05, 0.1) is 6.54 Å². The largest absolute Gasteiger partial charge is 0.372 e. The summed E-state index contributed by atoms with van der Waals surface area (Å²) < 4.78 is 2.15. The number of nitrogen functional groups attached to an aromatic ring is 1. The Morgan fingerprint density at radius 2 is 2.21 bits per heavy atom. The lowest BCUT2D eigenvalue weighted by molar-refractivity contribution is -0.657. The highest BCUT2D eigenvalue weighted by atomic mass is 15.3. The molecule has 0 aliphatic rings. The molecule has 0 bridgehead atoms. The lowest BCUT2D eigenvalue weighted by Gasteiger charge is -1.98. The van der Waals surface area contributed by atoms with E-state index in [-0.39, 0.29) is 0 Å². The monoisotopic (exact) mass is 191 g/mol. The Hall–Kier alpha value is -1.55. The second kappa shape index (κ2) is 3.67. The fourth-order valence-electron chi connectivity index (χ4n) is 1.70. The maximum Gasteiger partial charge on any atom is 0.372 e. The van der Waals surface area contributed by atoms with E-state index >= 15 is 0 Å². The van der Waals surface area contributed by atoms with Gasteiger partial charge in [0, 0.05) is 0 Å². The van der Waals surface area contributed by atoms with E-state index in [9.17, 15) is 0 Å². The Kier molecular flexibility index (Phi) is 2.37. The zero-order chi connectivity index (χ0) is 9.97. The molecule has 4 N–H and O–H groups in total. The van der Waals surface area contributed by atoms with Crippen LogP contribution in [0, 0.1) is 0 Å². The summed E-state index contributed by atoms with van der Waals surface area (Å²) in [4.78, 5) is 3.23. The van der Waals surface area contributed by atoms with E-state index in [1.54, 1.807) is 0 Å². The van der Waals surface area contributed by atoms with Gasteiger partial charge in [-0.25, -0.2) is 15.0 Å². The number of nitrogens with one attached hydrogen (secondary N) is 2. The maximum absolute atomic E-state index is 5.44. The predicted octanol–water partition coefficient (Wildman–Crippen LogP) is 1.15. The van der Waals surface area contributed by atoms with Gasteiger partial charge in [-0.2, -0.15) is 5.84 Å². The summed E-state index contributed by atoms with van der Waals surface area (Å²) in [6, 6.07) is 8.17. The topological polar surface area (TPSA) is 57.7 Å². The molecule has 2 rings (SSSR count). The molecule has 0 radical (unpaired) electrons. The predicted molar refractivity (Wildman–Crippen MR) is 56.6 cm³/mol. The minimum absolute atomic E-state index is 0.855. The molecule has 0 spiro atoms. The van der Waals surface area contributed by atoms with Gasteiger partial charge >= 0.3 is 5.95 Å². The SMILES string of the molecule is CCC[n+]1c(NN)[nH]c2ccccc21. The second-order valence-electron chi connectivity index (χ2n) is 3.29. The van der Waals surface area contributed by atoms with Crippen molar-refractivity contribution in [1.82, 2.24) is 4.98 Å². The number of para-hydroxylation sites is 2. The number of aromatic amines is 1. The summed E-state index contributed by atoms with van der Waals surface area (Å²) in [5.41, 5.74) is 4.97. The maximum atomic E-state index is 5.44. The third-order valence-electron chi connectivity index (χ3n) is 2.30. The molecule has 0 unspecified atom stereocenters. The molecular formula is C10H15N4+. The Balaban J connectivity index is 2.61. The van der Waals surface area contributed by atoms with Crippen molar-refractivity contribution in [3.05, 3.63) is 24.3 Å². The van der Waals surface area contributed by atoms with Crippen LogP contribution in [0.4, 0.5) is 5.95 Å². The minimum Gasteiger partial charge on any atom is -0.240 e. The molecule has 1 aromatic heterocycles. The number of H-pyrrole nitrogens is 1. The van der Waals surface area contributed by atoms with Gasteiger partial charge < -0.3 is 0 Å². The lowest BCUT2D eigenvalue weighted by Crippen LogP contribution is -2.37. The van der Waals surface area contributed by atoms with Crippen LogP contribution in [0.3, 0.4) is 0 Å². The third kappa shape index (κ3) is 1.33. The molecule has 0 atom stereocenters. The summed E-state index contributed by atoms with van der Waals surface area (Å²) in [7, 11) is 0. The first-order chi connectivity index (χ1) is 6.86. The van der Waals surface area contributed by atoms with E-state index in [0.29, 0.717) is 0 Å². The molecule has 1 heterocycles. The van der Waals surface area contributed by atoms with E-state index < -0.39 is 0 Å². The van der Waals surface area contributed by atoms with Gasteiger partial charge in [0.2, 0.25) is 0 Å². The van der Waals surface area contributed by atoms with E-state index in [1.807, 2.05) is 18.2 Å². The molecule has 0 saturated carbocycles. The van der Waals surface area contributed by atoms with Crippen LogP contribution < -0.4 is 15.8 Å². The molecular weight excluding hydrogens is 176 g/mol. The van der Waals surface area contributed by atoms with Gasteiger partial charge in [-0.05, 0) is 18.6 Å². The van der Waals surface area contributed by atoms with Gasteiger partial charge in [0.25, 0.3) is 0 Å². The summed E-state index contributed by atoms with van der Waals surface area (Å²) >= 11 is 0. The molecule has 0 saturated heterocycles. The molecule has 0 aliphatic heterocycles. The number of hydrazine groups is 1. The average molecular weight is 191 g/mol. The molecule has 2 aromatic rings. The number of benzene rings is 1. The highest BCUT2D eigenvalue weighted by molar-refractivity contribution is 5.72. The van der Waals surface area contributed by atoms with Crippen LogP contribution in [0.25, 0.3) is 11.0 Å². The fourth-order valence-corrected chi connectivity index (χ4v) is 1.70. The first-order valence-corrected chi connectivity index (χ1v) is 4.84. The Bertz CT molecular complexity index is 433. The quantitative estimate of drug-likeness (QED) is 0.387. The number of hydrogen-bond donors (Lipinski definition) is 3. The van der Waals surface area contributed by atoms with Gasteiger partial charge in [-0.15, -0.1) is 0 Å². The zero-order valence-corrected chi connectivity index (χ0v) is 8.25. The highest BCUT2D eigenvalue weighted by Crippen LogP contribution is 2.10. The summed E-state index contributed by atoms with van der Waals surface area (Å²) in [5.74, 6) is 6.30. The van der Waals surface area contributed by atoms with Crippen molar-refractivity contribution in [2.24, 2.45) is 5.84 Å². The van der Waals surface area contributed by atoms with Gasteiger partial charge in [0.1, 0.15) is 11.0 Å². The van der Waals surface area contributed by atoms with Crippen LogP contribution in [0.5, 0.6) is 0 Å². The number of fused-ring (bicyclic) bond motifs is 1. The Labute approximate surface area is 82.7 Å². The molecule has 14 heavy (non-hydrogen) atoms. The second-order valence-corrected chi connectivity index (χ2v) is 3.29. The van der Waals surface area contributed by atoms with Crippen LogP contribution >= 0.6 is 0 Å². The average Bonchev–Trinajstić information content (AvgIpc) is 2.58. The van der Waals surface area contributed by atoms with E-state index in [4.69, 9.17) is 5.84 Å². The van der Waals surface area contributed by atoms with Crippen molar-refractivity contribution in [3.8, 4) is 0 Å². The zero-order valence-electron chi connectivity index (χ0n) is 8.25. The Morgan fingerprint density at radius 1 is 1.43 bits per heavy atom. The van der Waals surface area contributed by atoms with E-state index in [2.05, 4.69) is 28.0 Å². The number of nitrogens with zero attached hydrogens (tertiary/aromatic N) is 1. The molecule has 4 nitrogen and oxygen atoms in total. The Morgan fingerprint density at radius 3 is 2.93 bits per heavy atom. The molecule has 0 fully saturated rings. The van der Waals surface area contributed by atoms with E-state index in [1.165, 1.54) is 5.52 Å². The number of aromatic nitrogens is 2. The third-order valence-corrected chi connectivity index (χ3v) is 2.30. The number of nitrogens with two attached hydrogens (primary N) is 1. The number of anilines is 1. The van der Waals surface area contributed by atoms with Gasteiger partial charge in [0.15, 0.2) is 0 Å². The fraction of sp³-hybridized carbons (Fsp3) is 0.300. The van der Waals surface area contributed by atoms with Crippen molar-refractivity contribution >= 4 is 17.0 Å². The smallest absolute Gasteiger partial charge is 0.240 e. The minimum atomic E-state index is 0.855. The summed E-state index contributed by atoms with van der Waals surface area (Å²) in [5, 5.41) is 0. The number of imidazole rings is 1. The molecule has 1 aromatic carbocycles. The molecule has 4 heteroatoms. The number of rotatable bonds is 3. The number of hydrogen-bond acceptors (Lipinski definition) is 2. The standard InChI is InChI=1S/C10H14N4/c1-2-7-14-9-6-4-3-5-8(9)12-10(14)13-11/h3-6H,2,7,11H2,1H3,(H,12,13)/p+1. The van der Waals surface area contributed by atoms with Crippen molar-refractivity contribution in [1.29, 1.82) is 0 Å². The lowest BCUT2D eigenvalue weighted by atomic mass is 10.3. The van der Waals surface area contributed by atoms with Crippen LogP contribution in [0.15, 0.2) is 24.3 Å². The van der Waals surface area contributed by atoms with Crippen LogP contribution in [0.1, 0.15) is 13.3 Å². The van der Waals surface area contributed by atoms with Crippen molar-refractivity contribution in [2.45, 2.75) is 19.9 Å². The number of aryl methyl sites for hydroxylation is 1. The first kappa shape index (κ1) is 9.02. The normalized spacial score (nSPS) is 10.7. The van der Waals surface area contributed by atoms with Crippen LogP contribution in [0.2, 0.25) is 0 Å². The molecule has 74 valence electrons. The van der Waals surface area contributed by atoms with E-state index in [0.717, 1.165) is 24.4 Å². The highest BCUT2D eigenvalue weighted by Gasteiger charge is 2.14. The van der Waals surface area contributed by atoms with Crippen molar-refractivity contribution in [3.63, 3.8) is 0 Å². The van der Waals surface area contributed by atoms with Gasteiger partial charge in [-0.1, -0.05) is 19.1 Å².